The zero-order valence-electron chi connectivity index (χ0n) is 13.9. The van der Waals surface area contributed by atoms with Crippen LogP contribution in [0.3, 0.4) is 0 Å². The Morgan fingerprint density at radius 3 is 2.19 bits per heavy atom. The Kier molecular flexibility index (Phi) is 5.43. The first-order chi connectivity index (χ1) is 12.6. The molecule has 0 atom stereocenters. The first-order valence-electron chi connectivity index (χ1n) is 7.77. The highest BCUT2D eigenvalue weighted by atomic mass is 32.2. The van der Waals surface area contributed by atoms with Crippen LogP contribution < -0.4 is 9.46 Å². The average molecular weight is 369 g/mol. The highest BCUT2D eigenvalue weighted by Gasteiger charge is 2.09. The molecule has 0 aliphatic rings. The zero-order valence-corrected chi connectivity index (χ0v) is 14.7. The van der Waals surface area contributed by atoms with Crippen LogP contribution in [0.15, 0.2) is 71.6 Å². The van der Waals surface area contributed by atoms with E-state index in [2.05, 4.69) is 4.72 Å². The monoisotopic (exact) mass is 369 g/mol. The number of ether oxygens (including phenoxy) is 1. The number of hydrogen-bond acceptors (Lipinski definition) is 4. The molecule has 3 aromatic rings. The maximum atomic E-state index is 13.0. The number of carbonyl (C=O) groups is 1. The van der Waals surface area contributed by atoms with E-state index in [4.69, 9.17) is 9.84 Å². The van der Waals surface area contributed by atoms with Gasteiger partial charge < -0.3 is 14.6 Å². The Morgan fingerprint density at radius 1 is 1.00 bits per heavy atom. The molecule has 0 fully saturated rings. The number of halogens is 1. The minimum absolute atomic E-state index is 0.168. The number of methoxy groups -OCH3 is 1. The molecule has 0 saturated carbocycles. The first kappa shape index (κ1) is 17.8. The van der Waals surface area contributed by atoms with Gasteiger partial charge in [-0.3, -0.25) is 0 Å². The largest absolute Gasteiger partial charge is 0.495 e. The van der Waals surface area contributed by atoms with Gasteiger partial charge in [-0.05, 0) is 65.5 Å². The zero-order chi connectivity index (χ0) is 18.5. The second-order valence-corrected chi connectivity index (χ2v) is 6.34. The topological polar surface area (TPSA) is 58.6 Å². The SMILES string of the molecule is COc1cc(C(=O)O)ccc1NSc1ccc(-c2ccc(F)cc2)cc1. The third-order valence-electron chi connectivity index (χ3n) is 3.76. The maximum Gasteiger partial charge on any atom is 0.335 e. The molecule has 0 spiro atoms. The van der Waals surface area contributed by atoms with Crippen molar-refractivity contribution in [3.63, 3.8) is 0 Å². The second kappa shape index (κ2) is 7.93. The van der Waals surface area contributed by atoms with Crippen LogP contribution in [0.2, 0.25) is 0 Å². The van der Waals surface area contributed by atoms with E-state index in [9.17, 15) is 9.18 Å². The average Bonchev–Trinajstić information content (AvgIpc) is 2.67. The molecular formula is C20H16FNO3S. The lowest BCUT2D eigenvalue weighted by Gasteiger charge is -2.11. The lowest BCUT2D eigenvalue weighted by molar-refractivity contribution is 0.0696. The van der Waals surface area contributed by atoms with Crippen LogP contribution in [0.25, 0.3) is 11.1 Å². The van der Waals surface area contributed by atoms with Crippen molar-refractivity contribution in [1.29, 1.82) is 0 Å². The van der Waals surface area contributed by atoms with E-state index in [1.54, 1.807) is 18.2 Å². The van der Waals surface area contributed by atoms with Crippen molar-refractivity contribution < 1.29 is 19.0 Å². The van der Waals surface area contributed by atoms with Gasteiger partial charge in [0.25, 0.3) is 0 Å². The molecule has 4 nitrogen and oxygen atoms in total. The number of benzene rings is 3. The Labute approximate surface area is 154 Å². The van der Waals surface area contributed by atoms with Gasteiger partial charge in [0.05, 0.1) is 18.4 Å². The molecule has 2 N–H and O–H groups in total. The highest BCUT2D eigenvalue weighted by molar-refractivity contribution is 8.00. The summed E-state index contributed by atoms with van der Waals surface area (Å²) in [5.41, 5.74) is 2.80. The number of hydrogen-bond donors (Lipinski definition) is 2. The van der Waals surface area contributed by atoms with E-state index in [0.29, 0.717) is 11.4 Å². The second-order valence-electron chi connectivity index (χ2n) is 5.46. The van der Waals surface area contributed by atoms with Crippen molar-refractivity contribution in [3.8, 4) is 16.9 Å². The van der Waals surface area contributed by atoms with Crippen molar-refractivity contribution >= 4 is 23.6 Å². The van der Waals surface area contributed by atoms with Crippen molar-refractivity contribution in [2.45, 2.75) is 4.90 Å². The molecule has 0 bridgehead atoms. The van der Waals surface area contributed by atoms with Crippen LogP contribution in [0.1, 0.15) is 10.4 Å². The molecule has 0 amide bonds. The summed E-state index contributed by atoms with van der Waals surface area (Å²) >= 11 is 1.39. The van der Waals surface area contributed by atoms with Gasteiger partial charge in [0.2, 0.25) is 0 Å². The number of nitrogens with one attached hydrogen (secondary N) is 1. The molecule has 3 aromatic carbocycles. The molecule has 0 aliphatic carbocycles. The van der Waals surface area contributed by atoms with E-state index in [0.717, 1.165) is 16.0 Å². The number of rotatable bonds is 6. The molecule has 6 heteroatoms. The molecule has 3 rings (SSSR count). The third-order valence-corrected chi connectivity index (χ3v) is 4.59. The number of carboxylic acids is 1. The van der Waals surface area contributed by atoms with Crippen LogP contribution in [0, 0.1) is 5.82 Å². The Balaban J connectivity index is 1.70. The van der Waals surface area contributed by atoms with Gasteiger partial charge in [0.15, 0.2) is 0 Å². The van der Waals surface area contributed by atoms with E-state index in [-0.39, 0.29) is 11.4 Å². The van der Waals surface area contributed by atoms with Crippen molar-refractivity contribution in [1.82, 2.24) is 0 Å². The smallest absolute Gasteiger partial charge is 0.335 e. The molecule has 0 heterocycles. The summed E-state index contributed by atoms with van der Waals surface area (Å²) in [6.45, 7) is 0. The first-order valence-corrected chi connectivity index (χ1v) is 8.58. The highest BCUT2D eigenvalue weighted by Crippen LogP contribution is 2.31. The summed E-state index contributed by atoms with van der Waals surface area (Å²) in [5.74, 6) is -0.799. The molecule has 0 saturated heterocycles. The fourth-order valence-corrected chi connectivity index (χ4v) is 3.05. The van der Waals surface area contributed by atoms with E-state index >= 15 is 0 Å². The van der Waals surface area contributed by atoms with Gasteiger partial charge in [0.1, 0.15) is 11.6 Å². The lowest BCUT2D eigenvalue weighted by atomic mass is 10.1. The number of aromatic carboxylic acids is 1. The summed E-state index contributed by atoms with van der Waals surface area (Å²) in [6, 6.07) is 18.8. The standard InChI is InChI=1S/C20H16FNO3S/c1-25-19-12-15(20(23)24)6-11-18(19)22-26-17-9-4-14(5-10-17)13-2-7-16(21)8-3-13/h2-12,22H,1H3,(H,23,24). The molecule has 132 valence electrons. The van der Waals surface area contributed by atoms with Gasteiger partial charge in [-0.25, -0.2) is 9.18 Å². The Bertz CT molecular complexity index is 911. The van der Waals surface area contributed by atoms with E-state index in [1.807, 2.05) is 24.3 Å². The summed E-state index contributed by atoms with van der Waals surface area (Å²) in [5, 5.41) is 9.04. The summed E-state index contributed by atoms with van der Waals surface area (Å²) in [7, 11) is 1.49. The van der Waals surface area contributed by atoms with E-state index in [1.165, 1.54) is 43.3 Å². The van der Waals surface area contributed by atoms with Crippen LogP contribution in [0.4, 0.5) is 10.1 Å². The van der Waals surface area contributed by atoms with Gasteiger partial charge in [-0.1, -0.05) is 24.3 Å². The number of anilines is 1. The molecule has 0 aliphatic heterocycles. The summed E-state index contributed by atoms with van der Waals surface area (Å²) in [4.78, 5) is 12.0. The predicted octanol–water partition coefficient (Wildman–Crippen LogP) is 5.32. The summed E-state index contributed by atoms with van der Waals surface area (Å²) < 4.78 is 21.4. The fourth-order valence-electron chi connectivity index (χ4n) is 2.38. The third kappa shape index (κ3) is 4.15. The molecule has 0 aromatic heterocycles. The summed E-state index contributed by atoms with van der Waals surface area (Å²) in [6.07, 6.45) is 0. The van der Waals surface area contributed by atoms with Crippen molar-refractivity contribution in [3.05, 3.63) is 78.1 Å². The Morgan fingerprint density at radius 2 is 1.62 bits per heavy atom. The van der Waals surface area contributed by atoms with Gasteiger partial charge >= 0.3 is 5.97 Å². The minimum atomic E-state index is -1.00. The maximum absolute atomic E-state index is 13.0. The van der Waals surface area contributed by atoms with Gasteiger partial charge in [-0.15, -0.1) is 0 Å². The van der Waals surface area contributed by atoms with Gasteiger partial charge in [-0.2, -0.15) is 0 Å². The fraction of sp³-hybridized carbons (Fsp3) is 0.0500. The quantitative estimate of drug-likeness (QED) is 0.576. The lowest BCUT2D eigenvalue weighted by Crippen LogP contribution is -1.99. The van der Waals surface area contributed by atoms with Crippen molar-refractivity contribution in [2.75, 3.05) is 11.8 Å². The molecule has 0 radical (unpaired) electrons. The molecule has 26 heavy (non-hydrogen) atoms. The molecule has 0 unspecified atom stereocenters. The van der Waals surface area contributed by atoms with Crippen molar-refractivity contribution in [2.24, 2.45) is 0 Å². The normalized spacial score (nSPS) is 10.4. The van der Waals surface area contributed by atoms with Gasteiger partial charge in [0, 0.05) is 4.90 Å². The minimum Gasteiger partial charge on any atom is -0.495 e. The molecular weight excluding hydrogens is 353 g/mol. The van der Waals surface area contributed by atoms with Crippen LogP contribution in [-0.2, 0) is 0 Å². The van der Waals surface area contributed by atoms with E-state index < -0.39 is 5.97 Å². The van der Waals surface area contributed by atoms with Crippen LogP contribution in [-0.4, -0.2) is 18.2 Å². The Hall–Kier alpha value is -2.99. The predicted molar refractivity (Wildman–Crippen MR) is 101 cm³/mol. The van der Waals surface area contributed by atoms with Crippen LogP contribution >= 0.6 is 11.9 Å². The van der Waals surface area contributed by atoms with Crippen LogP contribution in [0.5, 0.6) is 5.75 Å². The number of carboxylic acid groups (broad SMARTS) is 1.